The molecule has 0 fully saturated rings. The number of hydrogen-bond acceptors (Lipinski definition) is 3. The van der Waals surface area contributed by atoms with Gasteiger partial charge in [0.25, 0.3) is 0 Å². The second-order valence-corrected chi connectivity index (χ2v) is 7.40. The van der Waals surface area contributed by atoms with Crippen LogP contribution in [0, 0.1) is 13.8 Å². The van der Waals surface area contributed by atoms with Crippen molar-refractivity contribution < 1.29 is 14.6 Å². The fraction of sp³-hybridized carbons (Fsp3) is 0.417. The minimum atomic E-state index is -0.632. The third kappa shape index (κ3) is 5.00. The lowest BCUT2D eigenvalue weighted by Crippen LogP contribution is -2.23. The van der Waals surface area contributed by atoms with Crippen LogP contribution < -0.4 is 4.74 Å². The van der Waals surface area contributed by atoms with Crippen LogP contribution in [0.2, 0.25) is 0 Å². The molecule has 0 aliphatic heterocycles. The van der Waals surface area contributed by atoms with Gasteiger partial charge >= 0.3 is 0 Å². The van der Waals surface area contributed by atoms with E-state index < -0.39 is 6.10 Å². The summed E-state index contributed by atoms with van der Waals surface area (Å²) in [7, 11) is 0. The number of fused-ring (bicyclic) bond motifs is 2. The maximum Gasteiger partial charge on any atom is 0.135 e. The van der Waals surface area contributed by atoms with Crippen LogP contribution in [-0.2, 0) is 4.74 Å². The Labute approximate surface area is 161 Å². The molecule has 1 atom stereocenters. The summed E-state index contributed by atoms with van der Waals surface area (Å²) < 4.78 is 11.7. The van der Waals surface area contributed by atoms with Crippen molar-refractivity contribution in [2.75, 3.05) is 19.8 Å². The highest BCUT2D eigenvalue weighted by molar-refractivity contribution is 6.05. The van der Waals surface area contributed by atoms with Gasteiger partial charge < -0.3 is 14.6 Å². The Balaban J connectivity index is 1.80. The summed E-state index contributed by atoms with van der Waals surface area (Å²) in [4.78, 5) is 0. The van der Waals surface area contributed by atoms with Crippen LogP contribution in [0.15, 0.2) is 42.5 Å². The van der Waals surface area contributed by atoms with E-state index in [1.54, 1.807) is 0 Å². The Morgan fingerprint density at radius 2 is 1.63 bits per heavy atom. The Morgan fingerprint density at radius 1 is 0.852 bits per heavy atom. The summed E-state index contributed by atoms with van der Waals surface area (Å²) in [5.74, 6) is 0.844. The van der Waals surface area contributed by atoms with E-state index in [2.05, 4.69) is 63.2 Å². The Bertz CT molecular complexity index is 901. The second kappa shape index (κ2) is 9.20. The molecule has 3 aromatic rings. The van der Waals surface area contributed by atoms with Crippen molar-refractivity contribution in [3.8, 4) is 5.75 Å². The van der Waals surface area contributed by atoms with Crippen molar-refractivity contribution >= 4 is 21.5 Å². The number of benzene rings is 3. The standard InChI is InChI=1S/C24H30O3/c1-4-5-6-11-26-15-21(25)16-27-24-22-10-8-17(2)12-20(22)14-19-9-7-18(3)13-23(19)24/h7-10,12-14,21,25H,4-6,11,15-16H2,1-3H3. The van der Waals surface area contributed by atoms with Gasteiger partial charge in [-0.05, 0) is 43.2 Å². The Morgan fingerprint density at radius 3 is 2.44 bits per heavy atom. The number of unbranched alkanes of at least 4 members (excludes halogenated alkanes) is 2. The van der Waals surface area contributed by atoms with E-state index in [0.717, 1.165) is 40.1 Å². The summed E-state index contributed by atoms with van der Waals surface area (Å²) in [6, 6.07) is 15.0. The van der Waals surface area contributed by atoms with Crippen molar-refractivity contribution in [2.45, 2.75) is 46.1 Å². The molecule has 0 aliphatic rings. The van der Waals surface area contributed by atoms with Gasteiger partial charge in [0.05, 0.1) is 6.61 Å². The van der Waals surface area contributed by atoms with Crippen molar-refractivity contribution in [1.29, 1.82) is 0 Å². The maximum atomic E-state index is 10.3. The molecule has 3 nitrogen and oxygen atoms in total. The van der Waals surface area contributed by atoms with Crippen LogP contribution in [0.25, 0.3) is 21.5 Å². The fourth-order valence-electron chi connectivity index (χ4n) is 3.37. The molecule has 3 rings (SSSR count). The van der Waals surface area contributed by atoms with Gasteiger partial charge in [-0.2, -0.15) is 0 Å². The Kier molecular flexibility index (Phi) is 6.70. The van der Waals surface area contributed by atoms with Gasteiger partial charge in [-0.3, -0.25) is 0 Å². The van der Waals surface area contributed by atoms with Gasteiger partial charge in [0.2, 0.25) is 0 Å². The number of aryl methyl sites for hydroxylation is 2. The number of aliphatic hydroxyl groups excluding tert-OH is 1. The summed E-state index contributed by atoms with van der Waals surface area (Å²) in [5.41, 5.74) is 2.42. The van der Waals surface area contributed by atoms with E-state index in [0.29, 0.717) is 13.2 Å². The number of aliphatic hydroxyl groups is 1. The molecule has 3 aromatic carbocycles. The molecule has 144 valence electrons. The SMILES string of the molecule is CCCCCOCC(O)COc1c2ccc(C)cc2cc2ccc(C)cc12. The van der Waals surface area contributed by atoms with Crippen molar-refractivity contribution in [3.05, 3.63) is 53.6 Å². The lowest BCUT2D eigenvalue weighted by atomic mass is 9.99. The molecule has 0 spiro atoms. The van der Waals surface area contributed by atoms with E-state index in [9.17, 15) is 5.11 Å². The highest BCUT2D eigenvalue weighted by Crippen LogP contribution is 2.36. The third-order valence-corrected chi connectivity index (χ3v) is 4.84. The first-order valence-corrected chi connectivity index (χ1v) is 9.91. The average Bonchev–Trinajstić information content (AvgIpc) is 2.65. The highest BCUT2D eigenvalue weighted by Gasteiger charge is 2.12. The first kappa shape index (κ1) is 19.7. The fourth-order valence-corrected chi connectivity index (χ4v) is 3.37. The molecule has 0 saturated heterocycles. The maximum absolute atomic E-state index is 10.3. The van der Waals surface area contributed by atoms with Crippen LogP contribution in [0.1, 0.15) is 37.3 Å². The first-order chi connectivity index (χ1) is 13.1. The van der Waals surface area contributed by atoms with Crippen molar-refractivity contribution in [3.63, 3.8) is 0 Å². The molecular formula is C24H30O3. The van der Waals surface area contributed by atoms with Crippen LogP contribution >= 0.6 is 0 Å². The van der Waals surface area contributed by atoms with Crippen molar-refractivity contribution in [1.82, 2.24) is 0 Å². The van der Waals surface area contributed by atoms with E-state index in [-0.39, 0.29) is 6.61 Å². The summed E-state index contributed by atoms with van der Waals surface area (Å²) >= 11 is 0. The molecule has 27 heavy (non-hydrogen) atoms. The minimum absolute atomic E-state index is 0.226. The molecule has 1 N–H and O–H groups in total. The van der Waals surface area contributed by atoms with Crippen LogP contribution in [0.4, 0.5) is 0 Å². The number of hydrogen-bond donors (Lipinski definition) is 1. The zero-order chi connectivity index (χ0) is 19.2. The topological polar surface area (TPSA) is 38.7 Å². The molecule has 0 heterocycles. The molecule has 0 aromatic heterocycles. The number of ether oxygens (including phenoxy) is 2. The molecular weight excluding hydrogens is 336 g/mol. The van der Waals surface area contributed by atoms with Crippen LogP contribution in [0.5, 0.6) is 5.75 Å². The molecule has 0 aliphatic carbocycles. The first-order valence-electron chi connectivity index (χ1n) is 9.91. The van der Waals surface area contributed by atoms with Crippen LogP contribution in [0.3, 0.4) is 0 Å². The monoisotopic (exact) mass is 366 g/mol. The predicted molar refractivity (Wildman–Crippen MR) is 113 cm³/mol. The summed E-state index contributed by atoms with van der Waals surface area (Å²) in [6.07, 6.45) is 2.73. The van der Waals surface area contributed by atoms with Gasteiger partial charge in [0, 0.05) is 17.4 Å². The van der Waals surface area contributed by atoms with E-state index >= 15 is 0 Å². The summed E-state index contributed by atoms with van der Waals surface area (Å²) in [6.45, 7) is 7.58. The van der Waals surface area contributed by atoms with E-state index in [4.69, 9.17) is 9.47 Å². The summed E-state index contributed by atoms with van der Waals surface area (Å²) in [5, 5.41) is 14.7. The smallest absolute Gasteiger partial charge is 0.135 e. The molecule has 0 amide bonds. The van der Waals surface area contributed by atoms with Gasteiger partial charge in [-0.15, -0.1) is 0 Å². The molecule has 1 unspecified atom stereocenters. The number of rotatable bonds is 9. The molecule has 0 radical (unpaired) electrons. The zero-order valence-electron chi connectivity index (χ0n) is 16.6. The molecule has 0 bridgehead atoms. The van der Waals surface area contributed by atoms with E-state index in [1.807, 2.05) is 0 Å². The molecule has 0 saturated carbocycles. The lowest BCUT2D eigenvalue weighted by Gasteiger charge is -2.17. The van der Waals surface area contributed by atoms with Gasteiger partial charge in [0.15, 0.2) is 0 Å². The van der Waals surface area contributed by atoms with Gasteiger partial charge in [0.1, 0.15) is 18.5 Å². The second-order valence-electron chi connectivity index (χ2n) is 7.40. The zero-order valence-corrected chi connectivity index (χ0v) is 16.6. The van der Waals surface area contributed by atoms with Crippen molar-refractivity contribution in [2.24, 2.45) is 0 Å². The largest absolute Gasteiger partial charge is 0.489 e. The van der Waals surface area contributed by atoms with E-state index in [1.165, 1.54) is 17.5 Å². The third-order valence-electron chi connectivity index (χ3n) is 4.84. The van der Waals surface area contributed by atoms with Gasteiger partial charge in [-0.1, -0.05) is 61.2 Å². The molecule has 3 heteroatoms. The quantitative estimate of drug-likeness (QED) is 0.398. The minimum Gasteiger partial charge on any atom is -0.489 e. The lowest BCUT2D eigenvalue weighted by molar-refractivity contribution is 0.0116. The highest BCUT2D eigenvalue weighted by atomic mass is 16.5. The Hall–Kier alpha value is -2.10. The van der Waals surface area contributed by atoms with Gasteiger partial charge in [-0.25, -0.2) is 0 Å². The predicted octanol–water partition coefficient (Wildman–Crippen LogP) is 5.56. The average molecular weight is 367 g/mol. The van der Waals surface area contributed by atoms with Crippen LogP contribution in [-0.4, -0.2) is 31.0 Å². The normalized spacial score (nSPS) is 12.6.